The van der Waals surface area contributed by atoms with Crippen molar-refractivity contribution < 1.29 is 4.74 Å². The predicted molar refractivity (Wildman–Crippen MR) is 79.9 cm³/mol. The number of benzene rings is 1. The van der Waals surface area contributed by atoms with Gasteiger partial charge >= 0.3 is 0 Å². The molecular formula is C16H21N3O. The molecule has 1 aromatic heterocycles. The van der Waals surface area contributed by atoms with Crippen molar-refractivity contribution in [1.82, 2.24) is 15.3 Å². The Hall–Kier alpha value is -1.94. The third-order valence-electron chi connectivity index (χ3n) is 3.13. The van der Waals surface area contributed by atoms with Gasteiger partial charge in [-0.3, -0.25) is 4.98 Å². The Morgan fingerprint density at radius 1 is 1.25 bits per heavy atom. The fraction of sp³-hybridized carbons (Fsp3) is 0.375. The van der Waals surface area contributed by atoms with Crippen molar-refractivity contribution in [2.45, 2.75) is 26.3 Å². The predicted octanol–water partition coefficient (Wildman–Crippen LogP) is 2.88. The van der Waals surface area contributed by atoms with Crippen LogP contribution in [-0.4, -0.2) is 23.6 Å². The first-order valence-electron chi connectivity index (χ1n) is 6.91. The molecule has 106 valence electrons. The number of methoxy groups -OCH3 is 1. The lowest BCUT2D eigenvalue weighted by Crippen LogP contribution is -2.25. The van der Waals surface area contributed by atoms with Gasteiger partial charge in [-0.15, -0.1) is 0 Å². The van der Waals surface area contributed by atoms with Gasteiger partial charge in [-0.25, -0.2) is 4.98 Å². The molecule has 2 rings (SSSR count). The van der Waals surface area contributed by atoms with E-state index >= 15 is 0 Å². The minimum absolute atomic E-state index is 0.00139. The maximum Gasteiger partial charge on any atom is 0.237 e. The van der Waals surface area contributed by atoms with E-state index in [1.54, 1.807) is 19.5 Å². The SMILES string of the molecule is CCCNC(c1cccc(C)c1)c1nccnc1OC. The molecule has 0 spiro atoms. The molecule has 0 aliphatic heterocycles. The maximum absolute atomic E-state index is 5.34. The summed E-state index contributed by atoms with van der Waals surface area (Å²) in [6.45, 7) is 5.15. The lowest BCUT2D eigenvalue weighted by molar-refractivity contribution is 0.382. The minimum atomic E-state index is -0.00139. The van der Waals surface area contributed by atoms with Crippen LogP contribution >= 0.6 is 0 Å². The van der Waals surface area contributed by atoms with Gasteiger partial charge < -0.3 is 10.1 Å². The molecule has 1 heterocycles. The second-order valence-corrected chi connectivity index (χ2v) is 4.75. The van der Waals surface area contributed by atoms with Gasteiger partial charge in [-0.2, -0.15) is 0 Å². The molecule has 1 atom stereocenters. The van der Waals surface area contributed by atoms with Crippen molar-refractivity contribution in [2.75, 3.05) is 13.7 Å². The number of aromatic nitrogens is 2. The second-order valence-electron chi connectivity index (χ2n) is 4.75. The highest BCUT2D eigenvalue weighted by molar-refractivity contribution is 5.34. The molecule has 0 saturated carbocycles. The molecule has 0 aliphatic carbocycles. The van der Waals surface area contributed by atoms with Gasteiger partial charge in [0.05, 0.1) is 13.2 Å². The van der Waals surface area contributed by atoms with E-state index in [1.807, 2.05) is 0 Å². The molecule has 4 nitrogen and oxygen atoms in total. The van der Waals surface area contributed by atoms with Gasteiger partial charge in [0.25, 0.3) is 0 Å². The van der Waals surface area contributed by atoms with E-state index in [1.165, 1.54) is 11.1 Å². The third-order valence-corrected chi connectivity index (χ3v) is 3.13. The van der Waals surface area contributed by atoms with Gasteiger partial charge in [0.1, 0.15) is 5.69 Å². The lowest BCUT2D eigenvalue weighted by Gasteiger charge is -2.20. The van der Waals surface area contributed by atoms with Gasteiger partial charge in [-0.1, -0.05) is 36.8 Å². The average molecular weight is 271 g/mol. The van der Waals surface area contributed by atoms with Crippen LogP contribution < -0.4 is 10.1 Å². The Labute approximate surface area is 120 Å². The summed E-state index contributed by atoms with van der Waals surface area (Å²) in [5.41, 5.74) is 3.24. The molecule has 1 aromatic carbocycles. The molecule has 4 heteroatoms. The van der Waals surface area contributed by atoms with Crippen LogP contribution in [0.15, 0.2) is 36.7 Å². The average Bonchev–Trinajstić information content (AvgIpc) is 2.48. The van der Waals surface area contributed by atoms with E-state index in [9.17, 15) is 0 Å². The Balaban J connectivity index is 2.41. The maximum atomic E-state index is 5.34. The van der Waals surface area contributed by atoms with Crippen LogP contribution in [0, 0.1) is 6.92 Å². The molecule has 0 amide bonds. The molecule has 0 saturated heterocycles. The minimum Gasteiger partial charge on any atom is -0.480 e. The molecule has 20 heavy (non-hydrogen) atoms. The summed E-state index contributed by atoms with van der Waals surface area (Å²) in [5, 5.41) is 3.52. The summed E-state index contributed by atoms with van der Waals surface area (Å²) >= 11 is 0. The van der Waals surface area contributed by atoms with Crippen LogP contribution in [0.3, 0.4) is 0 Å². The number of aryl methyl sites for hydroxylation is 1. The smallest absolute Gasteiger partial charge is 0.237 e. The van der Waals surface area contributed by atoms with Gasteiger partial charge in [0.15, 0.2) is 0 Å². The van der Waals surface area contributed by atoms with E-state index < -0.39 is 0 Å². The summed E-state index contributed by atoms with van der Waals surface area (Å²) in [7, 11) is 1.63. The number of nitrogens with one attached hydrogen (secondary N) is 1. The number of rotatable bonds is 6. The fourth-order valence-electron chi connectivity index (χ4n) is 2.20. The molecule has 1 N–H and O–H groups in total. The summed E-state index contributed by atoms with van der Waals surface area (Å²) in [6, 6.07) is 8.43. The highest BCUT2D eigenvalue weighted by Crippen LogP contribution is 2.26. The Morgan fingerprint density at radius 2 is 2.05 bits per heavy atom. The molecule has 0 aliphatic rings. The first-order valence-corrected chi connectivity index (χ1v) is 6.91. The van der Waals surface area contributed by atoms with Gasteiger partial charge in [0, 0.05) is 12.4 Å². The van der Waals surface area contributed by atoms with E-state index in [4.69, 9.17) is 4.74 Å². The summed E-state index contributed by atoms with van der Waals surface area (Å²) in [4.78, 5) is 8.71. The van der Waals surface area contributed by atoms with Crippen molar-refractivity contribution in [2.24, 2.45) is 0 Å². The zero-order valence-corrected chi connectivity index (χ0v) is 12.3. The van der Waals surface area contributed by atoms with E-state index in [-0.39, 0.29) is 6.04 Å². The largest absolute Gasteiger partial charge is 0.480 e. The Bertz CT molecular complexity index is 557. The zero-order valence-electron chi connectivity index (χ0n) is 12.3. The van der Waals surface area contributed by atoms with Crippen molar-refractivity contribution in [1.29, 1.82) is 0 Å². The molecule has 0 radical (unpaired) electrons. The van der Waals surface area contributed by atoms with Crippen molar-refractivity contribution in [3.8, 4) is 5.88 Å². The van der Waals surface area contributed by atoms with E-state index in [0.29, 0.717) is 5.88 Å². The van der Waals surface area contributed by atoms with Crippen LogP contribution in [-0.2, 0) is 0 Å². The quantitative estimate of drug-likeness (QED) is 0.877. The molecule has 2 aromatic rings. The first-order chi connectivity index (χ1) is 9.76. The highest BCUT2D eigenvalue weighted by Gasteiger charge is 2.19. The summed E-state index contributed by atoms with van der Waals surface area (Å²) in [6.07, 6.45) is 4.41. The van der Waals surface area contributed by atoms with E-state index in [2.05, 4.69) is 53.4 Å². The number of hydrogen-bond acceptors (Lipinski definition) is 4. The molecular weight excluding hydrogens is 250 g/mol. The number of hydrogen-bond donors (Lipinski definition) is 1. The van der Waals surface area contributed by atoms with Gasteiger partial charge in [0.2, 0.25) is 5.88 Å². The normalized spacial score (nSPS) is 12.2. The van der Waals surface area contributed by atoms with Crippen molar-refractivity contribution >= 4 is 0 Å². The fourth-order valence-corrected chi connectivity index (χ4v) is 2.20. The Morgan fingerprint density at radius 3 is 2.75 bits per heavy atom. The third kappa shape index (κ3) is 3.33. The van der Waals surface area contributed by atoms with Crippen molar-refractivity contribution in [3.63, 3.8) is 0 Å². The number of nitrogens with zero attached hydrogens (tertiary/aromatic N) is 2. The van der Waals surface area contributed by atoms with E-state index in [0.717, 1.165) is 18.7 Å². The van der Waals surface area contributed by atoms with Crippen LogP contribution in [0.1, 0.15) is 36.2 Å². The van der Waals surface area contributed by atoms with Crippen LogP contribution in [0.2, 0.25) is 0 Å². The first kappa shape index (κ1) is 14.5. The molecule has 0 fully saturated rings. The number of ether oxygens (including phenoxy) is 1. The van der Waals surface area contributed by atoms with Crippen LogP contribution in [0.4, 0.5) is 0 Å². The summed E-state index contributed by atoms with van der Waals surface area (Å²) < 4.78 is 5.34. The zero-order chi connectivity index (χ0) is 14.4. The van der Waals surface area contributed by atoms with Crippen LogP contribution in [0.25, 0.3) is 0 Å². The monoisotopic (exact) mass is 271 g/mol. The van der Waals surface area contributed by atoms with Gasteiger partial charge in [-0.05, 0) is 25.5 Å². The standard InChI is InChI=1S/C16H21N3O/c1-4-8-17-14(13-7-5-6-12(2)11-13)15-16(20-3)19-10-9-18-15/h5-7,9-11,14,17H,4,8H2,1-3H3. The van der Waals surface area contributed by atoms with Crippen molar-refractivity contribution in [3.05, 3.63) is 53.5 Å². The molecule has 0 bridgehead atoms. The highest BCUT2D eigenvalue weighted by atomic mass is 16.5. The second kappa shape index (κ2) is 7.01. The molecule has 1 unspecified atom stereocenters. The summed E-state index contributed by atoms with van der Waals surface area (Å²) in [5.74, 6) is 0.572. The Kier molecular flexibility index (Phi) is 5.07. The van der Waals surface area contributed by atoms with Crippen LogP contribution in [0.5, 0.6) is 5.88 Å². The lowest BCUT2D eigenvalue weighted by atomic mass is 10.0. The topological polar surface area (TPSA) is 47.0 Å².